The minimum absolute atomic E-state index is 0.194. The van der Waals surface area contributed by atoms with Crippen molar-refractivity contribution >= 4 is 11.4 Å². The van der Waals surface area contributed by atoms with Gasteiger partial charge in [0.2, 0.25) is 0 Å². The van der Waals surface area contributed by atoms with Crippen LogP contribution in [0.15, 0.2) is 36.4 Å². The summed E-state index contributed by atoms with van der Waals surface area (Å²) in [6, 6.07) is 7.13. The third-order valence-corrected chi connectivity index (χ3v) is 3.05. The number of ether oxygens (including phenoxy) is 1. The van der Waals surface area contributed by atoms with E-state index in [1.807, 2.05) is 0 Å². The maximum atomic E-state index is 12.9. The van der Waals surface area contributed by atoms with Gasteiger partial charge in [0.25, 0.3) is 5.69 Å². The Kier molecular flexibility index (Phi) is 3.94. The summed E-state index contributed by atoms with van der Waals surface area (Å²) in [5.74, 6) is 0.478. The maximum Gasteiger partial charge on any atom is 0.416 e. The zero-order valence-corrected chi connectivity index (χ0v) is 11.3. The summed E-state index contributed by atoms with van der Waals surface area (Å²) in [6.45, 7) is 0. The van der Waals surface area contributed by atoms with Crippen LogP contribution in [-0.4, -0.2) is 12.0 Å². The molecule has 22 heavy (non-hydrogen) atoms. The summed E-state index contributed by atoms with van der Waals surface area (Å²) < 4.78 is 43.6. The molecule has 2 aromatic carbocycles. The highest BCUT2D eigenvalue weighted by molar-refractivity contribution is 5.82. The van der Waals surface area contributed by atoms with E-state index in [-0.39, 0.29) is 11.1 Å². The molecule has 0 aromatic heterocycles. The van der Waals surface area contributed by atoms with Crippen LogP contribution in [0.3, 0.4) is 0 Å². The number of hydrogen-bond donors (Lipinski definition) is 1. The summed E-state index contributed by atoms with van der Waals surface area (Å²) >= 11 is 0. The van der Waals surface area contributed by atoms with Crippen molar-refractivity contribution in [1.29, 1.82) is 0 Å². The van der Waals surface area contributed by atoms with Gasteiger partial charge in [-0.25, -0.2) is 0 Å². The lowest BCUT2D eigenvalue weighted by atomic mass is 9.99. The van der Waals surface area contributed by atoms with Crippen molar-refractivity contribution in [2.24, 2.45) is 0 Å². The van der Waals surface area contributed by atoms with Crippen LogP contribution in [0, 0.1) is 10.1 Å². The molecule has 116 valence electrons. The highest BCUT2D eigenvalue weighted by atomic mass is 19.4. The Balaban J connectivity index is 2.69. The van der Waals surface area contributed by atoms with Gasteiger partial charge in [0.1, 0.15) is 11.4 Å². The van der Waals surface area contributed by atoms with Crippen LogP contribution in [0.1, 0.15) is 5.56 Å². The van der Waals surface area contributed by atoms with E-state index in [0.29, 0.717) is 11.8 Å². The number of methoxy groups -OCH3 is 1. The molecule has 0 heterocycles. The first-order chi connectivity index (χ1) is 10.2. The Morgan fingerprint density at radius 1 is 1.18 bits per heavy atom. The Morgan fingerprint density at radius 2 is 1.77 bits per heavy atom. The Labute approximate surface area is 123 Å². The predicted molar refractivity (Wildman–Crippen MR) is 74.5 cm³/mol. The predicted octanol–water partition coefficient (Wildman–Crippen LogP) is 3.87. The minimum atomic E-state index is -4.65. The molecule has 0 spiro atoms. The largest absolute Gasteiger partial charge is 0.497 e. The molecular weight excluding hydrogens is 301 g/mol. The van der Waals surface area contributed by atoms with Crippen molar-refractivity contribution in [2.75, 3.05) is 12.8 Å². The van der Waals surface area contributed by atoms with E-state index >= 15 is 0 Å². The second kappa shape index (κ2) is 5.55. The first kappa shape index (κ1) is 15.6. The molecule has 5 nitrogen and oxygen atoms in total. The molecule has 8 heteroatoms. The molecule has 0 fully saturated rings. The first-order valence-corrected chi connectivity index (χ1v) is 6.03. The molecule has 0 unspecified atom stereocenters. The van der Waals surface area contributed by atoms with Crippen molar-refractivity contribution in [3.63, 3.8) is 0 Å². The van der Waals surface area contributed by atoms with Crippen LogP contribution in [0.5, 0.6) is 5.75 Å². The van der Waals surface area contributed by atoms with Crippen LogP contribution >= 0.6 is 0 Å². The van der Waals surface area contributed by atoms with Gasteiger partial charge < -0.3 is 10.5 Å². The zero-order chi connectivity index (χ0) is 16.5. The number of nitrogens with two attached hydrogens (primary N) is 1. The molecule has 2 N–H and O–H groups in total. The zero-order valence-electron chi connectivity index (χ0n) is 11.3. The number of nitrogens with zero attached hydrogens (tertiary/aromatic N) is 1. The van der Waals surface area contributed by atoms with Crippen LogP contribution in [0.4, 0.5) is 24.5 Å². The summed E-state index contributed by atoms with van der Waals surface area (Å²) in [7, 11) is 1.43. The van der Waals surface area contributed by atoms with E-state index in [4.69, 9.17) is 10.5 Å². The van der Waals surface area contributed by atoms with Crippen LogP contribution in [-0.2, 0) is 6.18 Å². The summed E-state index contributed by atoms with van der Waals surface area (Å²) in [5.41, 5.74) is 3.36. The molecule has 0 aliphatic rings. The van der Waals surface area contributed by atoms with E-state index in [1.54, 1.807) is 0 Å². The van der Waals surface area contributed by atoms with Gasteiger partial charge in [-0.1, -0.05) is 12.1 Å². The van der Waals surface area contributed by atoms with Gasteiger partial charge in [-0.2, -0.15) is 13.2 Å². The highest BCUT2D eigenvalue weighted by Gasteiger charge is 2.34. The molecule has 2 aromatic rings. The Morgan fingerprint density at radius 3 is 2.23 bits per heavy atom. The van der Waals surface area contributed by atoms with Crippen molar-refractivity contribution in [1.82, 2.24) is 0 Å². The second-order valence-electron chi connectivity index (χ2n) is 4.45. The average Bonchev–Trinajstić information content (AvgIpc) is 2.45. The van der Waals surface area contributed by atoms with Gasteiger partial charge in [0.05, 0.1) is 23.2 Å². The second-order valence-corrected chi connectivity index (χ2v) is 4.45. The molecule has 0 saturated carbocycles. The highest BCUT2D eigenvalue weighted by Crippen LogP contribution is 2.41. The maximum absolute atomic E-state index is 12.9. The van der Waals surface area contributed by atoms with E-state index < -0.39 is 28.0 Å². The summed E-state index contributed by atoms with van der Waals surface area (Å²) in [5, 5.41) is 11.1. The molecule has 0 saturated heterocycles. The molecule has 0 atom stereocenters. The van der Waals surface area contributed by atoms with Gasteiger partial charge in [-0.3, -0.25) is 10.1 Å². The van der Waals surface area contributed by atoms with Gasteiger partial charge in [-0.15, -0.1) is 0 Å². The summed E-state index contributed by atoms with van der Waals surface area (Å²) in [6.07, 6.45) is -4.65. The molecule has 2 rings (SSSR count). The molecular formula is C14H11F3N2O3. The number of nitro benzene ring substituents is 1. The lowest BCUT2D eigenvalue weighted by Gasteiger charge is -2.12. The van der Waals surface area contributed by atoms with E-state index in [0.717, 1.165) is 6.07 Å². The number of nitrogen functional groups attached to an aromatic ring is 1. The SMILES string of the molecule is COc1ccc(-c2cc(C(F)(F)F)cc(N)c2[N+](=O)[O-])cc1. The number of benzene rings is 2. The number of rotatable bonds is 3. The molecule has 0 aliphatic carbocycles. The number of halogens is 3. The fourth-order valence-corrected chi connectivity index (χ4v) is 2.01. The third-order valence-electron chi connectivity index (χ3n) is 3.05. The average molecular weight is 312 g/mol. The van der Waals surface area contributed by atoms with Crippen molar-refractivity contribution in [2.45, 2.75) is 6.18 Å². The topological polar surface area (TPSA) is 78.4 Å². The number of hydrogen-bond acceptors (Lipinski definition) is 4. The Hall–Kier alpha value is -2.77. The van der Waals surface area contributed by atoms with Gasteiger partial charge >= 0.3 is 6.18 Å². The number of nitro groups is 1. The lowest BCUT2D eigenvalue weighted by Crippen LogP contribution is -2.08. The minimum Gasteiger partial charge on any atom is -0.497 e. The molecule has 0 bridgehead atoms. The normalized spacial score (nSPS) is 11.3. The lowest BCUT2D eigenvalue weighted by molar-refractivity contribution is -0.383. The fraction of sp³-hybridized carbons (Fsp3) is 0.143. The number of alkyl halides is 3. The van der Waals surface area contributed by atoms with Gasteiger partial charge in [-0.05, 0) is 29.8 Å². The van der Waals surface area contributed by atoms with E-state index in [1.165, 1.54) is 31.4 Å². The van der Waals surface area contributed by atoms with Gasteiger partial charge in [0.15, 0.2) is 0 Å². The standard InChI is InChI=1S/C14H11F3N2O3/c1-22-10-4-2-8(3-5-10)11-6-9(14(15,16)17)7-12(18)13(11)19(20)21/h2-7H,18H2,1H3. The number of anilines is 1. The summed E-state index contributed by atoms with van der Waals surface area (Å²) in [4.78, 5) is 10.3. The van der Waals surface area contributed by atoms with Crippen LogP contribution in [0.2, 0.25) is 0 Å². The third kappa shape index (κ3) is 2.95. The molecule has 0 radical (unpaired) electrons. The van der Waals surface area contributed by atoms with Crippen molar-refractivity contribution < 1.29 is 22.8 Å². The quantitative estimate of drug-likeness (QED) is 0.530. The van der Waals surface area contributed by atoms with Crippen molar-refractivity contribution in [3.8, 4) is 16.9 Å². The van der Waals surface area contributed by atoms with E-state index in [9.17, 15) is 23.3 Å². The van der Waals surface area contributed by atoms with Crippen LogP contribution in [0.25, 0.3) is 11.1 Å². The van der Waals surface area contributed by atoms with E-state index in [2.05, 4.69) is 0 Å². The fourth-order valence-electron chi connectivity index (χ4n) is 2.01. The smallest absolute Gasteiger partial charge is 0.416 e. The Bertz CT molecular complexity index is 713. The molecule has 0 aliphatic heterocycles. The van der Waals surface area contributed by atoms with Gasteiger partial charge in [0, 0.05) is 0 Å². The van der Waals surface area contributed by atoms with Crippen molar-refractivity contribution in [3.05, 3.63) is 52.1 Å². The monoisotopic (exact) mass is 312 g/mol. The molecule has 0 amide bonds. The first-order valence-electron chi connectivity index (χ1n) is 6.03. The van der Waals surface area contributed by atoms with Crippen LogP contribution < -0.4 is 10.5 Å².